The Morgan fingerprint density at radius 1 is 1.50 bits per heavy atom. The molecule has 0 saturated carbocycles. The van der Waals surface area contributed by atoms with Crippen LogP contribution in [0.1, 0.15) is 11.3 Å². The molecule has 0 radical (unpaired) electrons. The minimum Gasteiger partial charge on any atom is -0.450 e. The molecule has 0 unspecified atom stereocenters. The second kappa shape index (κ2) is 7.31. The molecule has 0 saturated heterocycles. The van der Waals surface area contributed by atoms with Crippen molar-refractivity contribution in [1.29, 1.82) is 5.26 Å². The molecule has 0 bridgehead atoms. The summed E-state index contributed by atoms with van der Waals surface area (Å²) in [4.78, 5) is 12.2. The Hall–Kier alpha value is -1.30. The lowest BCUT2D eigenvalue weighted by molar-refractivity contribution is -0.112. The van der Waals surface area contributed by atoms with Crippen molar-refractivity contribution in [3.63, 3.8) is 0 Å². The molecule has 0 fully saturated rings. The Morgan fingerprint density at radius 2 is 2.23 bits per heavy atom. The highest BCUT2D eigenvalue weighted by molar-refractivity contribution is 14.1. The monoisotopic (exact) mass is 490 g/mol. The lowest BCUT2D eigenvalue weighted by atomic mass is 10.1. The number of carbonyl (C=O) groups is 1. The second-order valence-corrected chi connectivity index (χ2v) is 6.62. The van der Waals surface area contributed by atoms with Gasteiger partial charge < -0.3 is 9.73 Å². The highest BCUT2D eigenvalue weighted by Gasteiger charge is 2.13. The number of halogens is 3. The zero-order chi connectivity index (χ0) is 16.3. The fourth-order valence-corrected chi connectivity index (χ4v) is 2.53. The van der Waals surface area contributed by atoms with Gasteiger partial charge in [-0.2, -0.15) is 5.26 Å². The van der Waals surface area contributed by atoms with Crippen molar-refractivity contribution in [3.8, 4) is 6.07 Å². The summed E-state index contributed by atoms with van der Waals surface area (Å²) < 4.78 is 6.81. The smallest absolute Gasteiger partial charge is 0.266 e. The molecule has 112 valence electrons. The summed E-state index contributed by atoms with van der Waals surface area (Å²) in [5, 5.41) is 12.4. The number of carbonyl (C=O) groups excluding carboxylic acids is 1. The molecule has 0 aliphatic heterocycles. The van der Waals surface area contributed by atoms with E-state index in [4.69, 9.17) is 16.0 Å². The summed E-state index contributed by atoms with van der Waals surface area (Å²) in [5.41, 5.74) is 1.36. The molecule has 0 spiro atoms. The first-order chi connectivity index (χ1) is 10.4. The van der Waals surface area contributed by atoms with Crippen molar-refractivity contribution in [1.82, 2.24) is 0 Å². The lowest BCUT2D eigenvalue weighted by Crippen LogP contribution is -2.14. The molecule has 1 aromatic heterocycles. The van der Waals surface area contributed by atoms with Gasteiger partial charge in [0.2, 0.25) is 0 Å². The molecule has 0 aliphatic carbocycles. The molecule has 2 rings (SSSR count). The Bertz CT molecular complexity index is 789. The predicted octanol–water partition coefficient (Wildman–Crippen LogP) is 5.15. The van der Waals surface area contributed by atoms with Gasteiger partial charge in [-0.05, 0) is 46.6 Å². The molecule has 1 aromatic carbocycles. The first-order valence-electron chi connectivity index (χ1n) is 6.05. The molecular formula is C15H9BrClIN2O2. The average Bonchev–Trinajstić information content (AvgIpc) is 2.78. The number of furan rings is 1. The van der Waals surface area contributed by atoms with E-state index in [9.17, 15) is 10.1 Å². The predicted molar refractivity (Wildman–Crippen MR) is 97.5 cm³/mol. The third-order valence-corrected chi connectivity index (χ3v) is 5.13. The molecule has 0 atom stereocenters. The van der Waals surface area contributed by atoms with Crippen LogP contribution >= 0.6 is 50.1 Å². The second-order valence-electron chi connectivity index (χ2n) is 4.35. The van der Waals surface area contributed by atoms with Crippen LogP contribution in [0.2, 0.25) is 5.02 Å². The van der Waals surface area contributed by atoms with Crippen molar-refractivity contribution >= 4 is 67.8 Å². The number of amides is 1. The number of rotatable bonds is 3. The van der Waals surface area contributed by atoms with Crippen LogP contribution in [0.5, 0.6) is 0 Å². The van der Waals surface area contributed by atoms with Crippen molar-refractivity contribution in [2.75, 3.05) is 5.32 Å². The first kappa shape index (κ1) is 17.1. The maximum absolute atomic E-state index is 12.2. The molecule has 1 amide bonds. The Labute approximate surface area is 154 Å². The minimum atomic E-state index is -0.518. The van der Waals surface area contributed by atoms with Gasteiger partial charge >= 0.3 is 0 Å². The van der Waals surface area contributed by atoms with Crippen LogP contribution in [0.15, 0.2) is 38.7 Å². The van der Waals surface area contributed by atoms with E-state index in [2.05, 4.69) is 21.2 Å². The van der Waals surface area contributed by atoms with E-state index >= 15 is 0 Å². The van der Waals surface area contributed by atoms with Gasteiger partial charge in [0, 0.05) is 39.4 Å². The molecule has 22 heavy (non-hydrogen) atoms. The third kappa shape index (κ3) is 4.12. The Kier molecular flexibility index (Phi) is 5.67. The summed E-state index contributed by atoms with van der Waals surface area (Å²) in [5.74, 6) is -0.0961. The first-order valence-corrected chi connectivity index (χ1v) is 8.30. The Balaban J connectivity index is 2.26. The number of anilines is 1. The third-order valence-electron chi connectivity index (χ3n) is 2.76. The van der Waals surface area contributed by atoms with E-state index in [0.717, 1.165) is 10.0 Å². The number of benzene rings is 1. The number of nitriles is 1. The van der Waals surface area contributed by atoms with E-state index in [1.54, 1.807) is 24.3 Å². The van der Waals surface area contributed by atoms with Gasteiger partial charge in [0.25, 0.3) is 5.91 Å². The number of nitrogens with one attached hydrogen (secondary N) is 1. The highest BCUT2D eigenvalue weighted by atomic mass is 127. The zero-order valence-electron chi connectivity index (χ0n) is 11.3. The average molecular weight is 492 g/mol. The van der Waals surface area contributed by atoms with Gasteiger partial charge in [0.05, 0.1) is 4.47 Å². The summed E-state index contributed by atoms with van der Waals surface area (Å²) in [6.45, 7) is 1.84. The van der Waals surface area contributed by atoms with Gasteiger partial charge in [-0.25, -0.2) is 0 Å². The van der Waals surface area contributed by atoms with Crippen LogP contribution in [-0.2, 0) is 4.79 Å². The maximum atomic E-state index is 12.2. The van der Waals surface area contributed by atoms with Crippen LogP contribution in [0.25, 0.3) is 6.08 Å². The molecule has 2 aromatic rings. The Morgan fingerprint density at radius 3 is 2.82 bits per heavy atom. The van der Waals surface area contributed by atoms with E-state index < -0.39 is 5.91 Å². The topological polar surface area (TPSA) is 66.0 Å². The van der Waals surface area contributed by atoms with E-state index in [1.165, 1.54) is 6.08 Å². The fraction of sp³-hybridized carbons (Fsp3) is 0.0667. The van der Waals surface area contributed by atoms with Gasteiger partial charge in [-0.3, -0.25) is 4.79 Å². The van der Waals surface area contributed by atoms with Gasteiger partial charge in [-0.1, -0.05) is 17.7 Å². The normalized spacial score (nSPS) is 11.1. The number of hydrogen-bond donors (Lipinski definition) is 1. The summed E-state index contributed by atoms with van der Waals surface area (Å²) >= 11 is 11.2. The maximum Gasteiger partial charge on any atom is 0.266 e. The van der Waals surface area contributed by atoms with E-state index in [0.29, 0.717) is 20.2 Å². The molecule has 1 N–H and O–H groups in total. The molecule has 0 aliphatic rings. The highest BCUT2D eigenvalue weighted by Crippen LogP contribution is 2.25. The minimum absolute atomic E-state index is 0.0583. The van der Waals surface area contributed by atoms with Crippen molar-refractivity contribution in [3.05, 3.63) is 54.4 Å². The fourth-order valence-electron chi connectivity index (χ4n) is 1.64. The van der Waals surface area contributed by atoms with Gasteiger partial charge in [0.1, 0.15) is 17.4 Å². The van der Waals surface area contributed by atoms with Crippen molar-refractivity contribution < 1.29 is 9.21 Å². The summed E-state index contributed by atoms with van der Waals surface area (Å²) in [7, 11) is 0. The largest absolute Gasteiger partial charge is 0.450 e. The van der Waals surface area contributed by atoms with Crippen LogP contribution < -0.4 is 5.32 Å². The molecule has 7 heteroatoms. The van der Waals surface area contributed by atoms with Crippen LogP contribution in [0, 0.1) is 22.0 Å². The van der Waals surface area contributed by atoms with Crippen LogP contribution in [0.3, 0.4) is 0 Å². The molecule has 1 heterocycles. The van der Waals surface area contributed by atoms with Crippen molar-refractivity contribution in [2.45, 2.75) is 6.92 Å². The summed E-state index contributed by atoms with van der Waals surface area (Å²) in [6.07, 6.45) is 1.39. The summed E-state index contributed by atoms with van der Waals surface area (Å²) in [6, 6.07) is 8.72. The van der Waals surface area contributed by atoms with Crippen LogP contribution in [0.4, 0.5) is 5.69 Å². The lowest BCUT2D eigenvalue weighted by Gasteiger charge is -2.07. The SMILES string of the molecule is Cc1ccc(Cl)cc1NC(=O)C(C#N)=Cc1cc(Br)c(I)o1. The number of nitrogens with zero attached hydrogens (tertiary/aromatic N) is 1. The quantitative estimate of drug-likeness (QED) is 0.367. The zero-order valence-corrected chi connectivity index (χ0v) is 15.8. The van der Waals surface area contributed by atoms with Gasteiger partial charge in [-0.15, -0.1) is 0 Å². The molecular weight excluding hydrogens is 482 g/mol. The standard InChI is InChI=1S/C15H9BrClIN2O2/c1-8-2-3-10(17)5-13(8)20-15(21)9(7-19)4-11-6-12(16)14(18)22-11/h2-6H,1H3,(H,20,21). The van der Waals surface area contributed by atoms with E-state index in [-0.39, 0.29) is 5.57 Å². The van der Waals surface area contributed by atoms with Crippen LogP contribution in [-0.4, -0.2) is 5.91 Å². The number of hydrogen-bond acceptors (Lipinski definition) is 3. The van der Waals surface area contributed by atoms with Crippen molar-refractivity contribution in [2.24, 2.45) is 0 Å². The molecule has 4 nitrogen and oxygen atoms in total. The van der Waals surface area contributed by atoms with Gasteiger partial charge in [0.15, 0.2) is 3.77 Å². The van der Waals surface area contributed by atoms with E-state index in [1.807, 2.05) is 35.6 Å². The number of aryl methyl sites for hydroxylation is 1.